The highest BCUT2D eigenvalue weighted by Crippen LogP contribution is 2.11. The summed E-state index contributed by atoms with van der Waals surface area (Å²) in [6.45, 7) is 4.60. The first-order valence-electron chi connectivity index (χ1n) is 6.33. The maximum absolute atomic E-state index is 11.8. The average Bonchev–Trinajstić information content (AvgIpc) is 2.42. The van der Waals surface area contributed by atoms with Crippen molar-refractivity contribution in [3.8, 4) is 0 Å². The van der Waals surface area contributed by atoms with E-state index in [0.29, 0.717) is 19.7 Å². The minimum Gasteiger partial charge on any atom is -0.385 e. The number of hydrogen-bond acceptors (Lipinski definition) is 3. The van der Waals surface area contributed by atoms with Crippen molar-refractivity contribution in [2.45, 2.75) is 13.3 Å². The third kappa shape index (κ3) is 5.19. The topological polar surface area (TPSA) is 41.6 Å². The standard InChI is InChI=1S/C14H22N2O2/c1-3-16(13-8-5-4-6-9-13)12-14(17)15-10-7-11-18-2/h4-6,8-9H,3,7,10-12H2,1-2H3,(H,15,17). The van der Waals surface area contributed by atoms with Crippen molar-refractivity contribution in [1.29, 1.82) is 0 Å². The van der Waals surface area contributed by atoms with Crippen LogP contribution in [0.15, 0.2) is 30.3 Å². The fraction of sp³-hybridized carbons (Fsp3) is 0.500. The van der Waals surface area contributed by atoms with E-state index in [0.717, 1.165) is 18.7 Å². The predicted molar refractivity (Wildman–Crippen MR) is 73.8 cm³/mol. The van der Waals surface area contributed by atoms with Gasteiger partial charge in [0.1, 0.15) is 0 Å². The molecule has 0 spiro atoms. The summed E-state index contributed by atoms with van der Waals surface area (Å²) in [7, 11) is 1.66. The van der Waals surface area contributed by atoms with Gasteiger partial charge in [-0.25, -0.2) is 0 Å². The van der Waals surface area contributed by atoms with Crippen molar-refractivity contribution in [3.05, 3.63) is 30.3 Å². The molecule has 0 aliphatic rings. The van der Waals surface area contributed by atoms with Crippen LogP contribution in [0.5, 0.6) is 0 Å². The normalized spacial score (nSPS) is 10.1. The number of amides is 1. The van der Waals surface area contributed by atoms with Crippen LogP contribution >= 0.6 is 0 Å². The molecule has 18 heavy (non-hydrogen) atoms. The quantitative estimate of drug-likeness (QED) is 0.714. The zero-order valence-corrected chi connectivity index (χ0v) is 11.2. The zero-order valence-electron chi connectivity index (χ0n) is 11.2. The third-order valence-electron chi connectivity index (χ3n) is 2.68. The van der Waals surface area contributed by atoms with E-state index in [4.69, 9.17) is 4.74 Å². The van der Waals surface area contributed by atoms with Crippen molar-refractivity contribution >= 4 is 11.6 Å². The van der Waals surface area contributed by atoms with Gasteiger partial charge in [0.2, 0.25) is 5.91 Å². The van der Waals surface area contributed by atoms with Gasteiger partial charge < -0.3 is 15.0 Å². The van der Waals surface area contributed by atoms with E-state index in [9.17, 15) is 4.79 Å². The SMILES string of the molecule is CCN(CC(=O)NCCCOC)c1ccccc1. The van der Waals surface area contributed by atoms with Crippen molar-refractivity contribution in [3.63, 3.8) is 0 Å². The number of benzene rings is 1. The fourth-order valence-electron chi connectivity index (χ4n) is 1.70. The maximum Gasteiger partial charge on any atom is 0.239 e. The molecule has 0 aliphatic heterocycles. The van der Waals surface area contributed by atoms with Crippen LogP contribution in [0, 0.1) is 0 Å². The Morgan fingerprint density at radius 1 is 1.33 bits per heavy atom. The number of likely N-dealkylation sites (N-methyl/N-ethyl adjacent to an activating group) is 1. The lowest BCUT2D eigenvalue weighted by Gasteiger charge is -2.22. The van der Waals surface area contributed by atoms with Crippen molar-refractivity contribution < 1.29 is 9.53 Å². The molecular formula is C14H22N2O2. The molecule has 0 saturated carbocycles. The summed E-state index contributed by atoms with van der Waals surface area (Å²) in [6, 6.07) is 9.97. The van der Waals surface area contributed by atoms with Gasteiger partial charge >= 0.3 is 0 Å². The van der Waals surface area contributed by atoms with Crippen LogP contribution in [0.25, 0.3) is 0 Å². The molecule has 1 aromatic rings. The molecule has 100 valence electrons. The van der Waals surface area contributed by atoms with Gasteiger partial charge in [0.15, 0.2) is 0 Å². The molecule has 0 saturated heterocycles. The van der Waals surface area contributed by atoms with Crippen LogP contribution in [0.3, 0.4) is 0 Å². The number of anilines is 1. The Bertz CT molecular complexity index is 341. The number of nitrogens with one attached hydrogen (secondary N) is 1. The molecule has 0 radical (unpaired) electrons. The van der Waals surface area contributed by atoms with Gasteiger partial charge in [-0.2, -0.15) is 0 Å². The lowest BCUT2D eigenvalue weighted by Crippen LogP contribution is -2.37. The van der Waals surface area contributed by atoms with Crippen molar-refractivity contribution in [2.24, 2.45) is 0 Å². The van der Waals surface area contributed by atoms with Gasteiger partial charge in [0.05, 0.1) is 6.54 Å². The summed E-state index contributed by atoms with van der Waals surface area (Å²) < 4.78 is 4.93. The monoisotopic (exact) mass is 250 g/mol. The van der Waals surface area contributed by atoms with E-state index in [2.05, 4.69) is 5.32 Å². The highest BCUT2D eigenvalue weighted by atomic mass is 16.5. The Kier molecular flexibility index (Phi) is 6.87. The molecule has 0 fully saturated rings. The van der Waals surface area contributed by atoms with Gasteiger partial charge in [0, 0.05) is 32.5 Å². The molecule has 1 rings (SSSR count). The molecule has 0 heterocycles. The van der Waals surface area contributed by atoms with Gasteiger partial charge in [-0.15, -0.1) is 0 Å². The first-order valence-corrected chi connectivity index (χ1v) is 6.33. The second-order valence-electron chi connectivity index (χ2n) is 4.05. The van der Waals surface area contributed by atoms with Crippen LogP contribution in [-0.2, 0) is 9.53 Å². The van der Waals surface area contributed by atoms with E-state index in [-0.39, 0.29) is 5.91 Å². The van der Waals surface area contributed by atoms with Crippen LogP contribution in [0.2, 0.25) is 0 Å². The van der Waals surface area contributed by atoms with E-state index in [1.54, 1.807) is 7.11 Å². The number of carbonyl (C=O) groups is 1. The van der Waals surface area contributed by atoms with Crippen molar-refractivity contribution in [2.75, 3.05) is 38.3 Å². The number of hydrogen-bond donors (Lipinski definition) is 1. The molecule has 4 nitrogen and oxygen atoms in total. The molecule has 1 N–H and O–H groups in total. The molecule has 0 aliphatic carbocycles. The summed E-state index contributed by atoms with van der Waals surface area (Å²) in [6.07, 6.45) is 0.847. The smallest absolute Gasteiger partial charge is 0.239 e. The number of rotatable bonds is 8. The Morgan fingerprint density at radius 3 is 2.67 bits per heavy atom. The minimum atomic E-state index is 0.0526. The van der Waals surface area contributed by atoms with Crippen LogP contribution < -0.4 is 10.2 Å². The first-order chi connectivity index (χ1) is 8.77. The summed E-state index contributed by atoms with van der Waals surface area (Å²) >= 11 is 0. The van der Waals surface area contributed by atoms with E-state index >= 15 is 0 Å². The van der Waals surface area contributed by atoms with Crippen LogP contribution in [0.4, 0.5) is 5.69 Å². The average molecular weight is 250 g/mol. The second kappa shape index (κ2) is 8.53. The van der Waals surface area contributed by atoms with Gasteiger partial charge in [-0.05, 0) is 25.5 Å². The van der Waals surface area contributed by atoms with Gasteiger partial charge in [0.25, 0.3) is 0 Å². The van der Waals surface area contributed by atoms with E-state index in [1.807, 2.05) is 42.2 Å². The Labute approximate surface area is 109 Å². The molecule has 0 unspecified atom stereocenters. The second-order valence-corrected chi connectivity index (χ2v) is 4.05. The number of methoxy groups -OCH3 is 1. The van der Waals surface area contributed by atoms with Crippen molar-refractivity contribution in [1.82, 2.24) is 5.32 Å². The summed E-state index contributed by atoms with van der Waals surface area (Å²) in [4.78, 5) is 13.8. The predicted octanol–water partition coefficient (Wildman–Crippen LogP) is 1.67. The van der Waals surface area contributed by atoms with Gasteiger partial charge in [-0.3, -0.25) is 4.79 Å². The Hall–Kier alpha value is -1.55. The summed E-state index contributed by atoms with van der Waals surface area (Å²) in [5, 5.41) is 2.89. The minimum absolute atomic E-state index is 0.0526. The van der Waals surface area contributed by atoms with Crippen LogP contribution in [-0.4, -0.2) is 39.3 Å². The molecule has 1 aromatic carbocycles. The number of para-hydroxylation sites is 1. The molecule has 0 atom stereocenters. The molecule has 4 heteroatoms. The summed E-state index contributed by atoms with van der Waals surface area (Å²) in [5.41, 5.74) is 1.08. The molecule has 0 aromatic heterocycles. The number of carbonyl (C=O) groups excluding carboxylic acids is 1. The maximum atomic E-state index is 11.8. The highest BCUT2D eigenvalue weighted by Gasteiger charge is 2.08. The summed E-state index contributed by atoms with van der Waals surface area (Å²) in [5.74, 6) is 0.0526. The lowest BCUT2D eigenvalue weighted by molar-refractivity contribution is -0.119. The Morgan fingerprint density at radius 2 is 2.06 bits per heavy atom. The first kappa shape index (κ1) is 14.5. The number of ether oxygens (including phenoxy) is 1. The molecule has 0 bridgehead atoms. The fourth-order valence-corrected chi connectivity index (χ4v) is 1.70. The lowest BCUT2D eigenvalue weighted by atomic mass is 10.3. The van der Waals surface area contributed by atoms with E-state index in [1.165, 1.54) is 0 Å². The third-order valence-corrected chi connectivity index (χ3v) is 2.68. The number of nitrogens with zero attached hydrogens (tertiary/aromatic N) is 1. The highest BCUT2D eigenvalue weighted by molar-refractivity contribution is 5.81. The van der Waals surface area contributed by atoms with Crippen LogP contribution in [0.1, 0.15) is 13.3 Å². The molecular weight excluding hydrogens is 228 g/mol. The molecule has 1 amide bonds. The Balaban J connectivity index is 2.37. The van der Waals surface area contributed by atoms with Gasteiger partial charge in [-0.1, -0.05) is 18.2 Å². The largest absolute Gasteiger partial charge is 0.385 e. The zero-order chi connectivity index (χ0) is 13.2. The van der Waals surface area contributed by atoms with E-state index < -0.39 is 0 Å².